The smallest absolute Gasteiger partial charge is 0.152 e. The molecular formula is C15H17F2NOS. The summed E-state index contributed by atoms with van der Waals surface area (Å²) in [5.41, 5.74) is 1.04. The summed E-state index contributed by atoms with van der Waals surface area (Å²) < 4.78 is 27.3. The summed E-state index contributed by atoms with van der Waals surface area (Å²) in [6.07, 6.45) is 2.51. The first-order chi connectivity index (χ1) is 9.42. The van der Waals surface area contributed by atoms with E-state index in [1.54, 1.807) is 25.1 Å². The van der Waals surface area contributed by atoms with Crippen molar-refractivity contribution in [2.45, 2.75) is 13.5 Å². The maximum atomic E-state index is 13.6. The first-order valence-electron chi connectivity index (χ1n) is 5.95. The molecule has 20 heavy (non-hydrogen) atoms. The Labute approximate surface area is 122 Å². The molecule has 0 spiro atoms. The van der Waals surface area contributed by atoms with Crippen LogP contribution in [-0.4, -0.2) is 24.5 Å². The Kier molecular flexibility index (Phi) is 5.95. The van der Waals surface area contributed by atoms with Crippen LogP contribution in [-0.2, 0) is 11.3 Å². The van der Waals surface area contributed by atoms with Gasteiger partial charge in [-0.05, 0) is 30.9 Å². The third-order valence-corrected chi connectivity index (χ3v) is 3.72. The van der Waals surface area contributed by atoms with Gasteiger partial charge < -0.3 is 4.90 Å². The number of hydrogen-bond donors (Lipinski definition) is 0. The molecule has 0 aliphatic carbocycles. The minimum Gasteiger partial charge on any atom is -0.364 e. The highest BCUT2D eigenvalue weighted by Crippen LogP contribution is 2.26. The molecule has 0 aromatic heterocycles. The van der Waals surface area contributed by atoms with Gasteiger partial charge in [0.1, 0.15) is 11.6 Å². The molecule has 0 saturated heterocycles. The van der Waals surface area contributed by atoms with Crippen LogP contribution >= 0.6 is 11.8 Å². The van der Waals surface area contributed by atoms with Crippen molar-refractivity contribution in [1.82, 2.24) is 4.90 Å². The van der Waals surface area contributed by atoms with E-state index in [2.05, 4.69) is 6.58 Å². The molecule has 1 aromatic rings. The molecule has 1 aromatic carbocycles. The van der Waals surface area contributed by atoms with Crippen LogP contribution in [0, 0.1) is 11.6 Å². The number of thioether (sulfide) groups is 1. The Morgan fingerprint density at radius 2 is 1.95 bits per heavy atom. The Morgan fingerprint density at radius 1 is 1.40 bits per heavy atom. The summed E-state index contributed by atoms with van der Waals surface area (Å²) in [4.78, 5) is 12.8. The highest BCUT2D eigenvalue weighted by Gasteiger charge is 2.15. The zero-order chi connectivity index (χ0) is 15.3. The lowest BCUT2D eigenvalue weighted by atomic mass is 10.1. The topological polar surface area (TPSA) is 20.3 Å². The molecule has 0 fully saturated rings. The lowest BCUT2D eigenvalue weighted by molar-refractivity contribution is -0.104. The minimum absolute atomic E-state index is 0.0199. The van der Waals surface area contributed by atoms with Crippen LogP contribution in [0.3, 0.4) is 0 Å². The number of halogens is 2. The predicted octanol–water partition coefficient (Wildman–Crippen LogP) is 3.75. The molecule has 0 heterocycles. The number of hydrogen-bond acceptors (Lipinski definition) is 3. The molecule has 0 atom stereocenters. The van der Waals surface area contributed by atoms with Gasteiger partial charge >= 0.3 is 0 Å². The maximum absolute atomic E-state index is 13.6. The lowest BCUT2D eigenvalue weighted by Crippen LogP contribution is -2.19. The summed E-state index contributed by atoms with van der Waals surface area (Å²) in [6, 6.07) is 3.76. The summed E-state index contributed by atoms with van der Waals surface area (Å²) in [6.45, 7) is 5.50. The third kappa shape index (κ3) is 3.70. The molecule has 108 valence electrons. The fourth-order valence-corrected chi connectivity index (χ4v) is 2.62. The van der Waals surface area contributed by atoms with Crippen molar-refractivity contribution in [2.75, 3.05) is 13.3 Å². The van der Waals surface area contributed by atoms with Crippen LogP contribution in [0.25, 0.3) is 0 Å². The van der Waals surface area contributed by atoms with Gasteiger partial charge in [-0.3, -0.25) is 4.79 Å². The Morgan fingerprint density at radius 3 is 2.35 bits per heavy atom. The van der Waals surface area contributed by atoms with Gasteiger partial charge in [0.15, 0.2) is 6.29 Å². The van der Waals surface area contributed by atoms with Crippen LogP contribution < -0.4 is 0 Å². The van der Waals surface area contributed by atoms with Crippen LogP contribution in [0.4, 0.5) is 8.78 Å². The van der Waals surface area contributed by atoms with Gasteiger partial charge in [-0.1, -0.05) is 12.6 Å². The van der Waals surface area contributed by atoms with Crippen LogP contribution in [0.2, 0.25) is 0 Å². The van der Waals surface area contributed by atoms with Crippen molar-refractivity contribution >= 4 is 18.0 Å². The number of rotatable bonds is 6. The van der Waals surface area contributed by atoms with E-state index in [0.29, 0.717) is 22.5 Å². The van der Waals surface area contributed by atoms with Crippen LogP contribution in [0.5, 0.6) is 0 Å². The monoisotopic (exact) mass is 297 g/mol. The molecule has 1 rings (SSSR count). The highest BCUT2D eigenvalue weighted by atomic mass is 32.2. The standard InChI is InChI=1S/C15H17F2NOS/c1-10(2)12(9-19)15(20-4)18(3)8-11-13(16)6-5-7-14(11)17/h5-7,9H,1,8H2,2-4H3/b15-12-. The van der Waals surface area contributed by atoms with Crippen molar-refractivity contribution < 1.29 is 13.6 Å². The summed E-state index contributed by atoms with van der Waals surface area (Å²) in [5.74, 6) is -1.19. The van der Waals surface area contributed by atoms with Gasteiger partial charge in [0.25, 0.3) is 0 Å². The number of benzene rings is 1. The van der Waals surface area contributed by atoms with E-state index in [9.17, 15) is 13.6 Å². The van der Waals surface area contributed by atoms with E-state index in [1.165, 1.54) is 30.0 Å². The maximum Gasteiger partial charge on any atom is 0.152 e. The van der Waals surface area contributed by atoms with Crippen molar-refractivity contribution in [1.29, 1.82) is 0 Å². The summed E-state index contributed by atoms with van der Waals surface area (Å²) >= 11 is 1.34. The summed E-state index contributed by atoms with van der Waals surface area (Å²) in [5, 5.41) is 0.634. The predicted molar refractivity (Wildman–Crippen MR) is 79.2 cm³/mol. The quantitative estimate of drug-likeness (QED) is 0.453. The Balaban J connectivity index is 3.14. The number of carbonyl (C=O) groups is 1. The zero-order valence-corrected chi connectivity index (χ0v) is 12.6. The Bertz CT molecular complexity index is 535. The van der Waals surface area contributed by atoms with E-state index in [4.69, 9.17) is 0 Å². The normalized spacial score (nSPS) is 11.8. The van der Waals surface area contributed by atoms with Crippen molar-refractivity contribution in [2.24, 2.45) is 0 Å². The molecule has 0 radical (unpaired) electrons. The minimum atomic E-state index is -0.597. The first kappa shape index (κ1) is 16.4. The van der Waals surface area contributed by atoms with Crippen molar-refractivity contribution in [3.8, 4) is 0 Å². The fraction of sp³-hybridized carbons (Fsp3) is 0.267. The largest absolute Gasteiger partial charge is 0.364 e. The molecule has 0 aliphatic rings. The van der Waals surface area contributed by atoms with Gasteiger partial charge in [-0.25, -0.2) is 8.78 Å². The molecule has 5 heteroatoms. The Hall–Kier alpha value is -1.62. The molecular weight excluding hydrogens is 280 g/mol. The second-order valence-electron chi connectivity index (χ2n) is 4.38. The van der Waals surface area contributed by atoms with Gasteiger partial charge in [0.05, 0.1) is 5.03 Å². The number of carbonyl (C=O) groups excluding carboxylic acids is 1. The third-order valence-electron chi connectivity index (χ3n) is 2.81. The van der Waals surface area contributed by atoms with Crippen molar-refractivity contribution in [3.63, 3.8) is 0 Å². The molecule has 0 aliphatic heterocycles. The molecule has 0 saturated carbocycles. The second-order valence-corrected chi connectivity index (χ2v) is 5.17. The van der Waals surface area contributed by atoms with E-state index >= 15 is 0 Å². The highest BCUT2D eigenvalue weighted by molar-refractivity contribution is 8.02. The van der Waals surface area contributed by atoms with Crippen LogP contribution in [0.1, 0.15) is 12.5 Å². The van der Waals surface area contributed by atoms with Crippen LogP contribution in [0.15, 0.2) is 41.0 Å². The van der Waals surface area contributed by atoms with Gasteiger partial charge in [0, 0.05) is 24.7 Å². The van der Waals surface area contributed by atoms with Crippen molar-refractivity contribution in [3.05, 3.63) is 58.2 Å². The molecule has 0 amide bonds. The average Bonchev–Trinajstić information content (AvgIpc) is 2.39. The average molecular weight is 297 g/mol. The van der Waals surface area contributed by atoms with Gasteiger partial charge in [-0.2, -0.15) is 0 Å². The van der Waals surface area contributed by atoms with Gasteiger partial charge in [0.2, 0.25) is 0 Å². The lowest BCUT2D eigenvalue weighted by Gasteiger charge is -2.23. The number of nitrogens with zero attached hydrogens (tertiary/aromatic N) is 1. The van der Waals surface area contributed by atoms with E-state index < -0.39 is 11.6 Å². The molecule has 0 N–H and O–H groups in total. The molecule has 0 bridgehead atoms. The first-order valence-corrected chi connectivity index (χ1v) is 7.18. The van der Waals surface area contributed by atoms with E-state index in [1.807, 2.05) is 0 Å². The molecule has 0 unspecified atom stereocenters. The second kappa shape index (κ2) is 7.24. The SMILES string of the molecule is C=C(C)/C(C=O)=C(\SC)N(C)Cc1c(F)cccc1F. The number of aldehydes is 1. The number of allylic oxidation sites excluding steroid dienone is 2. The van der Waals surface area contributed by atoms with Gasteiger partial charge in [-0.15, -0.1) is 11.8 Å². The van der Waals surface area contributed by atoms with E-state index in [0.717, 1.165) is 0 Å². The summed E-state index contributed by atoms with van der Waals surface area (Å²) in [7, 11) is 1.68. The zero-order valence-electron chi connectivity index (χ0n) is 11.7. The van der Waals surface area contributed by atoms with E-state index in [-0.39, 0.29) is 12.1 Å². The fourth-order valence-electron chi connectivity index (χ4n) is 1.80. The molecule has 2 nitrogen and oxygen atoms in total.